The van der Waals surface area contributed by atoms with Gasteiger partial charge in [-0.2, -0.15) is 8.42 Å². The van der Waals surface area contributed by atoms with Crippen LogP contribution in [0.15, 0.2) is 53.4 Å². The Morgan fingerprint density at radius 2 is 1.29 bits per heavy atom. The normalized spacial score (nSPS) is 10.5. The average molecular weight is 302 g/mol. The lowest BCUT2D eigenvalue weighted by Gasteiger charge is -1.96. The first-order chi connectivity index (χ1) is 9.86. The molecule has 0 saturated heterocycles. The highest BCUT2D eigenvalue weighted by atomic mass is 32.2. The van der Waals surface area contributed by atoms with Crippen LogP contribution in [-0.2, 0) is 10.1 Å². The molecule has 2 aromatic rings. The quantitative estimate of drug-likeness (QED) is 0.654. The highest BCUT2D eigenvalue weighted by molar-refractivity contribution is 7.85. The average Bonchev–Trinajstić information content (AvgIpc) is 2.45. The number of rotatable bonds is 2. The third kappa shape index (κ3) is 3.92. The molecule has 0 bridgehead atoms. The van der Waals surface area contributed by atoms with E-state index >= 15 is 0 Å². The second-order valence-electron chi connectivity index (χ2n) is 4.13. The fourth-order valence-corrected chi connectivity index (χ4v) is 2.03. The van der Waals surface area contributed by atoms with Gasteiger partial charge in [0, 0.05) is 11.1 Å². The van der Waals surface area contributed by atoms with E-state index in [2.05, 4.69) is 11.8 Å². The highest BCUT2D eigenvalue weighted by Crippen LogP contribution is 2.09. The van der Waals surface area contributed by atoms with Crippen LogP contribution in [0.5, 0.6) is 0 Å². The Morgan fingerprint density at radius 1 is 0.857 bits per heavy atom. The molecule has 0 fully saturated rings. The van der Waals surface area contributed by atoms with Crippen LogP contribution in [0.1, 0.15) is 21.5 Å². The van der Waals surface area contributed by atoms with E-state index in [1.807, 2.05) is 0 Å². The molecule has 2 aromatic carbocycles. The number of carbonyl (C=O) groups is 1. The standard InChI is InChI=1S/C15H10O5S/c16-15(17)13-7-3-11(4-8-13)1-2-12-5-9-14(10-6-12)21(18,19)20/h3-10H,(H,16,17)(H,18,19,20). The molecule has 2 rings (SSSR count). The predicted molar refractivity (Wildman–Crippen MR) is 75.6 cm³/mol. The molecule has 0 heterocycles. The van der Waals surface area contributed by atoms with Crippen LogP contribution in [0.3, 0.4) is 0 Å². The summed E-state index contributed by atoms with van der Waals surface area (Å²) in [6.45, 7) is 0. The van der Waals surface area contributed by atoms with E-state index in [0.29, 0.717) is 11.1 Å². The molecule has 0 spiro atoms. The molecule has 0 radical (unpaired) electrons. The summed E-state index contributed by atoms with van der Waals surface area (Å²) in [5.41, 5.74) is 1.39. The lowest BCUT2D eigenvalue weighted by Crippen LogP contribution is -1.97. The van der Waals surface area contributed by atoms with Gasteiger partial charge < -0.3 is 5.11 Å². The fourth-order valence-electron chi connectivity index (χ4n) is 1.55. The van der Waals surface area contributed by atoms with Crippen molar-refractivity contribution in [1.82, 2.24) is 0 Å². The van der Waals surface area contributed by atoms with Crippen LogP contribution < -0.4 is 0 Å². The smallest absolute Gasteiger partial charge is 0.335 e. The number of carboxylic acids is 1. The van der Waals surface area contributed by atoms with Crippen molar-refractivity contribution < 1.29 is 22.9 Å². The van der Waals surface area contributed by atoms with Crippen molar-refractivity contribution in [2.75, 3.05) is 0 Å². The Morgan fingerprint density at radius 3 is 1.67 bits per heavy atom. The molecule has 106 valence electrons. The van der Waals surface area contributed by atoms with Gasteiger partial charge in [-0.1, -0.05) is 11.8 Å². The van der Waals surface area contributed by atoms with E-state index in [9.17, 15) is 13.2 Å². The summed E-state index contributed by atoms with van der Waals surface area (Å²) in [5.74, 6) is 4.64. The summed E-state index contributed by atoms with van der Waals surface area (Å²) in [5, 5.41) is 8.77. The van der Waals surface area contributed by atoms with Gasteiger partial charge in [0.15, 0.2) is 0 Å². The lowest BCUT2D eigenvalue weighted by molar-refractivity contribution is 0.0697. The SMILES string of the molecule is O=C(O)c1ccc(C#Cc2ccc(S(=O)(=O)O)cc2)cc1. The molecule has 0 unspecified atom stereocenters. The van der Waals surface area contributed by atoms with E-state index in [0.717, 1.165) is 0 Å². The molecule has 0 atom stereocenters. The van der Waals surface area contributed by atoms with Gasteiger partial charge in [-0.25, -0.2) is 4.79 Å². The molecule has 21 heavy (non-hydrogen) atoms. The van der Waals surface area contributed by atoms with Gasteiger partial charge in [0.1, 0.15) is 0 Å². The van der Waals surface area contributed by atoms with Crippen molar-refractivity contribution in [3.05, 3.63) is 65.2 Å². The third-order valence-corrected chi connectivity index (χ3v) is 3.50. The van der Waals surface area contributed by atoms with Crippen molar-refractivity contribution >= 4 is 16.1 Å². The van der Waals surface area contributed by atoms with Gasteiger partial charge in [-0.3, -0.25) is 4.55 Å². The number of benzene rings is 2. The maximum Gasteiger partial charge on any atom is 0.335 e. The summed E-state index contributed by atoms with van der Waals surface area (Å²) in [7, 11) is -4.20. The first-order valence-electron chi connectivity index (χ1n) is 5.79. The Kier molecular flexibility index (Phi) is 4.08. The number of carboxylic acid groups (broad SMARTS) is 1. The van der Waals surface area contributed by atoms with Gasteiger partial charge in [-0.15, -0.1) is 0 Å². The minimum Gasteiger partial charge on any atom is -0.478 e. The minimum absolute atomic E-state index is 0.179. The number of hydrogen-bond donors (Lipinski definition) is 2. The Bertz CT molecular complexity index is 822. The zero-order valence-electron chi connectivity index (χ0n) is 10.6. The van der Waals surface area contributed by atoms with Gasteiger partial charge in [0.2, 0.25) is 0 Å². The molecular weight excluding hydrogens is 292 g/mol. The van der Waals surface area contributed by atoms with E-state index in [-0.39, 0.29) is 10.5 Å². The summed E-state index contributed by atoms with van der Waals surface area (Å²) < 4.78 is 30.6. The highest BCUT2D eigenvalue weighted by Gasteiger charge is 2.07. The third-order valence-electron chi connectivity index (χ3n) is 2.64. The van der Waals surface area contributed by atoms with Gasteiger partial charge in [-0.05, 0) is 48.5 Å². The summed E-state index contributed by atoms with van der Waals surface area (Å²) in [6, 6.07) is 11.5. The Balaban J connectivity index is 2.21. The van der Waals surface area contributed by atoms with Crippen LogP contribution in [-0.4, -0.2) is 24.0 Å². The molecule has 0 saturated carbocycles. The van der Waals surface area contributed by atoms with Crippen LogP contribution in [0.2, 0.25) is 0 Å². The largest absolute Gasteiger partial charge is 0.478 e. The summed E-state index contributed by atoms with van der Waals surface area (Å²) >= 11 is 0. The number of aromatic carboxylic acids is 1. The monoisotopic (exact) mass is 302 g/mol. The molecule has 2 N–H and O–H groups in total. The molecule has 5 nitrogen and oxygen atoms in total. The van der Waals surface area contributed by atoms with Gasteiger partial charge in [0.25, 0.3) is 10.1 Å². The first kappa shape index (κ1) is 14.8. The zero-order chi connectivity index (χ0) is 15.5. The topological polar surface area (TPSA) is 91.7 Å². The van der Waals surface area contributed by atoms with Gasteiger partial charge in [0.05, 0.1) is 10.5 Å². The fraction of sp³-hybridized carbons (Fsp3) is 0. The Labute approximate surface area is 121 Å². The maximum atomic E-state index is 10.9. The van der Waals surface area contributed by atoms with E-state index in [1.165, 1.54) is 36.4 Å². The Hall–Kier alpha value is -2.62. The van der Waals surface area contributed by atoms with Crippen molar-refractivity contribution in [3.8, 4) is 11.8 Å². The van der Waals surface area contributed by atoms with Crippen LogP contribution in [0.4, 0.5) is 0 Å². The van der Waals surface area contributed by atoms with Crippen molar-refractivity contribution in [1.29, 1.82) is 0 Å². The summed E-state index contributed by atoms with van der Waals surface area (Å²) in [4.78, 5) is 10.5. The van der Waals surface area contributed by atoms with E-state index in [1.54, 1.807) is 12.1 Å². The molecule has 0 aliphatic rings. The molecule has 0 aliphatic carbocycles. The molecule has 0 aliphatic heterocycles. The molecule has 0 amide bonds. The van der Waals surface area contributed by atoms with Crippen molar-refractivity contribution in [2.24, 2.45) is 0 Å². The molecule has 6 heteroatoms. The number of hydrogen-bond acceptors (Lipinski definition) is 3. The first-order valence-corrected chi connectivity index (χ1v) is 7.23. The van der Waals surface area contributed by atoms with Crippen molar-refractivity contribution in [2.45, 2.75) is 4.90 Å². The predicted octanol–water partition coefficient (Wildman–Crippen LogP) is 2.03. The maximum absolute atomic E-state index is 10.9. The van der Waals surface area contributed by atoms with Gasteiger partial charge >= 0.3 is 5.97 Å². The summed E-state index contributed by atoms with van der Waals surface area (Å²) in [6.07, 6.45) is 0. The van der Waals surface area contributed by atoms with Crippen LogP contribution in [0.25, 0.3) is 0 Å². The zero-order valence-corrected chi connectivity index (χ0v) is 11.5. The minimum atomic E-state index is -4.20. The van der Waals surface area contributed by atoms with E-state index in [4.69, 9.17) is 9.66 Å². The van der Waals surface area contributed by atoms with Crippen molar-refractivity contribution in [3.63, 3.8) is 0 Å². The molecular formula is C15H10O5S. The second kappa shape index (κ2) is 5.79. The lowest BCUT2D eigenvalue weighted by atomic mass is 10.1. The second-order valence-corrected chi connectivity index (χ2v) is 5.55. The molecule has 0 aromatic heterocycles. The van der Waals surface area contributed by atoms with E-state index < -0.39 is 16.1 Å². The van der Waals surface area contributed by atoms with Crippen LogP contribution in [0, 0.1) is 11.8 Å². The van der Waals surface area contributed by atoms with Crippen LogP contribution >= 0.6 is 0 Å².